The van der Waals surface area contributed by atoms with Gasteiger partial charge in [0.15, 0.2) is 5.78 Å². The van der Waals surface area contributed by atoms with Crippen molar-refractivity contribution in [2.24, 2.45) is 22.7 Å². The molecule has 0 amide bonds. The lowest BCUT2D eigenvalue weighted by atomic mass is 9.71. The first-order valence-electron chi connectivity index (χ1n) is 6.15. The van der Waals surface area contributed by atoms with Crippen molar-refractivity contribution in [1.29, 1.82) is 0 Å². The molecule has 2 nitrogen and oxygen atoms in total. The summed E-state index contributed by atoms with van der Waals surface area (Å²) in [6.45, 7) is 12.9. The average Bonchev–Trinajstić information content (AvgIpc) is 2.98. The molecule has 0 N–H and O–H groups in total. The number of ketones is 1. The van der Waals surface area contributed by atoms with E-state index in [-0.39, 0.29) is 29.0 Å². The van der Waals surface area contributed by atoms with Gasteiger partial charge in [-0.15, -0.1) is 0 Å². The first-order valence-corrected chi connectivity index (χ1v) is 6.15. The lowest BCUT2D eigenvalue weighted by molar-refractivity contribution is -0.122. The molecule has 1 heterocycles. The molecule has 2 saturated carbocycles. The zero-order valence-corrected chi connectivity index (χ0v) is 10.5. The molecule has 3 aliphatic rings. The second kappa shape index (κ2) is 2.61. The molecule has 0 aromatic carbocycles. The molecule has 2 aliphatic carbocycles. The molecule has 0 aromatic rings. The first kappa shape index (κ1) is 10.5. The molecule has 0 spiro atoms. The number of rotatable bonds is 1. The average molecular weight is 220 g/mol. The van der Waals surface area contributed by atoms with Gasteiger partial charge in [0.1, 0.15) is 6.10 Å². The highest BCUT2D eigenvalue weighted by Crippen LogP contribution is 2.74. The van der Waals surface area contributed by atoms with E-state index < -0.39 is 0 Å². The van der Waals surface area contributed by atoms with Crippen LogP contribution in [0.25, 0.3) is 0 Å². The third-order valence-corrected chi connectivity index (χ3v) is 5.39. The summed E-state index contributed by atoms with van der Waals surface area (Å²) in [5, 5.41) is 0. The van der Waals surface area contributed by atoms with Crippen LogP contribution in [0.4, 0.5) is 0 Å². The number of carbonyl (C=O) groups excluding carboxylic acids is 1. The minimum absolute atomic E-state index is 0.0875. The van der Waals surface area contributed by atoms with Crippen LogP contribution in [0.1, 0.15) is 34.1 Å². The molecule has 5 atom stereocenters. The highest BCUT2D eigenvalue weighted by molar-refractivity contribution is 5.93. The van der Waals surface area contributed by atoms with Gasteiger partial charge in [-0.3, -0.25) is 4.79 Å². The summed E-state index contributed by atoms with van der Waals surface area (Å²) in [7, 11) is 0. The molecule has 5 unspecified atom stereocenters. The maximum Gasteiger partial charge on any atom is 0.168 e. The Morgan fingerprint density at radius 2 is 2.06 bits per heavy atom. The number of allylic oxidation sites excluding steroid dienone is 1. The second-order valence-corrected chi connectivity index (χ2v) is 6.67. The van der Waals surface area contributed by atoms with Crippen LogP contribution in [-0.2, 0) is 9.53 Å². The van der Waals surface area contributed by atoms with Crippen LogP contribution in [0.15, 0.2) is 12.2 Å². The third-order valence-electron chi connectivity index (χ3n) is 5.39. The van der Waals surface area contributed by atoms with Gasteiger partial charge in [-0.25, -0.2) is 0 Å². The zero-order chi connectivity index (χ0) is 11.9. The predicted octanol–water partition coefficient (Wildman–Crippen LogP) is 2.58. The van der Waals surface area contributed by atoms with Gasteiger partial charge in [-0.1, -0.05) is 32.9 Å². The number of hydrogen-bond donors (Lipinski definition) is 0. The molecular formula is C14H20O2. The Bertz CT molecular complexity index is 396. The quantitative estimate of drug-likeness (QED) is 0.502. The number of epoxide rings is 1. The maximum absolute atomic E-state index is 12.3. The minimum Gasteiger partial charge on any atom is -0.361 e. The summed E-state index contributed by atoms with van der Waals surface area (Å²) in [6.07, 6.45) is 1.13. The largest absolute Gasteiger partial charge is 0.361 e. The number of carbonyl (C=O) groups is 1. The molecule has 1 saturated heterocycles. The van der Waals surface area contributed by atoms with Crippen molar-refractivity contribution in [1.82, 2.24) is 0 Å². The summed E-state index contributed by atoms with van der Waals surface area (Å²) >= 11 is 0. The van der Waals surface area contributed by atoms with E-state index in [1.165, 1.54) is 0 Å². The molecule has 0 aromatic heterocycles. The SMILES string of the molecule is C=C(C)C1C2C(=O)C3OC3CC(C)(C)C12C. The van der Waals surface area contributed by atoms with Gasteiger partial charge >= 0.3 is 0 Å². The van der Waals surface area contributed by atoms with E-state index in [9.17, 15) is 4.79 Å². The summed E-state index contributed by atoms with van der Waals surface area (Å²) < 4.78 is 5.50. The summed E-state index contributed by atoms with van der Waals surface area (Å²) in [5.41, 5.74) is 1.45. The van der Waals surface area contributed by atoms with Crippen molar-refractivity contribution in [3.05, 3.63) is 12.2 Å². The summed E-state index contributed by atoms with van der Waals surface area (Å²) in [4.78, 5) is 12.3. The highest BCUT2D eigenvalue weighted by Gasteiger charge is 2.75. The Balaban J connectivity index is 2.03. The summed E-state index contributed by atoms with van der Waals surface area (Å²) in [6, 6.07) is 0. The van der Waals surface area contributed by atoms with Crippen LogP contribution in [-0.4, -0.2) is 18.0 Å². The predicted molar refractivity (Wildman–Crippen MR) is 62.0 cm³/mol. The lowest BCUT2D eigenvalue weighted by Gasteiger charge is -2.33. The van der Waals surface area contributed by atoms with Crippen LogP contribution >= 0.6 is 0 Å². The van der Waals surface area contributed by atoms with E-state index in [2.05, 4.69) is 34.3 Å². The molecule has 3 fully saturated rings. The topological polar surface area (TPSA) is 29.6 Å². The Labute approximate surface area is 97.1 Å². The maximum atomic E-state index is 12.3. The number of ether oxygens (including phenoxy) is 1. The first-order chi connectivity index (χ1) is 7.30. The van der Waals surface area contributed by atoms with Crippen molar-refractivity contribution in [3.63, 3.8) is 0 Å². The van der Waals surface area contributed by atoms with E-state index in [0.29, 0.717) is 11.7 Å². The van der Waals surface area contributed by atoms with E-state index in [1.54, 1.807) is 0 Å². The fourth-order valence-electron chi connectivity index (χ4n) is 4.06. The van der Waals surface area contributed by atoms with Crippen molar-refractivity contribution >= 4 is 5.78 Å². The molecule has 0 bridgehead atoms. The van der Waals surface area contributed by atoms with Gasteiger partial charge in [0.05, 0.1) is 6.10 Å². The smallest absolute Gasteiger partial charge is 0.168 e. The fraction of sp³-hybridized carbons (Fsp3) is 0.786. The molecule has 0 radical (unpaired) electrons. The number of fused-ring (bicyclic) bond motifs is 2. The highest BCUT2D eigenvalue weighted by atomic mass is 16.6. The molecule has 1 aliphatic heterocycles. The van der Waals surface area contributed by atoms with Crippen LogP contribution in [0, 0.1) is 22.7 Å². The molecular weight excluding hydrogens is 200 g/mol. The zero-order valence-electron chi connectivity index (χ0n) is 10.5. The van der Waals surface area contributed by atoms with E-state index in [4.69, 9.17) is 4.74 Å². The lowest BCUT2D eigenvalue weighted by Crippen LogP contribution is -2.27. The van der Waals surface area contributed by atoms with Crippen molar-refractivity contribution in [2.75, 3.05) is 0 Å². The fourth-order valence-corrected chi connectivity index (χ4v) is 4.06. The van der Waals surface area contributed by atoms with Crippen LogP contribution in [0.5, 0.6) is 0 Å². The molecule has 3 rings (SSSR count). The van der Waals surface area contributed by atoms with E-state index in [0.717, 1.165) is 12.0 Å². The van der Waals surface area contributed by atoms with Crippen LogP contribution < -0.4 is 0 Å². The van der Waals surface area contributed by atoms with Gasteiger partial charge in [-0.2, -0.15) is 0 Å². The van der Waals surface area contributed by atoms with Crippen molar-refractivity contribution < 1.29 is 9.53 Å². The molecule has 2 heteroatoms. The van der Waals surface area contributed by atoms with Crippen molar-refractivity contribution in [2.45, 2.75) is 46.3 Å². The number of hydrogen-bond acceptors (Lipinski definition) is 2. The van der Waals surface area contributed by atoms with Crippen LogP contribution in [0.2, 0.25) is 0 Å². The molecule has 16 heavy (non-hydrogen) atoms. The van der Waals surface area contributed by atoms with Gasteiger partial charge < -0.3 is 4.74 Å². The Morgan fingerprint density at radius 3 is 2.62 bits per heavy atom. The van der Waals surface area contributed by atoms with Gasteiger partial charge in [0.2, 0.25) is 0 Å². The third kappa shape index (κ3) is 0.994. The van der Waals surface area contributed by atoms with Crippen molar-refractivity contribution in [3.8, 4) is 0 Å². The number of Topliss-reactive ketones (excluding diaryl/α,β-unsaturated/α-hetero) is 1. The molecule has 88 valence electrons. The minimum atomic E-state index is -0.0875. The monoisotopic (exact) mass is 220 g/mol. The Kier molecular flexibility index (Phi) is 1.72. The second-order valence-electron chi connectivity index (χ2n) is 6.67. The van der Waals surface area contributed by atoms with E-state index in [1.807, 2.05) is 0 Å². The van der Waals surface area contributed by atoms with Gasteiger partial charge in [0, 0.05) is 5.92 Å². The van der Waals surface area contributed by atoms with Crippen LogP contribution in [0.3, 0.4) is 0 Å². The Morgan fingerprint density at radius 1 is 1.44 bits per heavy atom. The van der Waals surface area contributed by atoms with Gasteiger partial charge in [0.25, 0.3) is 0 Å². The Hall–Kier alpha value is -0.630. The normalized spacial score (nSPS) is 52.4. The van der Waals surface area contributed by atoms with Gasteiger partial charge in [-0.05, 0) is 30.1 Å². The standard InChI is InChI=1S/C14H20O2/c1-7(2)9-10-11(15)12-8(16-12)6-13(3,4)14(9,10)5/h8-10,12H,1,6H2,2-5H3. The van der Waals surface area contributed by atoms with E-state index >= 15 is 0 Å². The summed E-state index contributed by atoms with van der Waals surface area (Å²) in [5.74, 6) is 0.878.